The second-order valence-corrected chi connectivity index (χ2v) is 6.51. The Balaban J connectivity index is 1.98. The zero-order valence-corrected chi connectivity index (χ0v) is 11.8. The van der Waals surface area contributed by atoms with Gasteiger partial charge in [0, 0.05) is 25.8 Å². The van der Waals surface area contributed by atoms with Crippen molar-refractivity contribution in [2.75, 3.05) is 13.1 Å². The van der Waals surface area contributed by atoms with Gasteiger partial charge >= 0.3 is 0 Å². The average molecular weight is 293 g/mol. The predicted molar refractivity (Wildman–Crippen MR) is 69.0 cm³/mol. The van der Waals surface area contributed by atoms with Crippen LogP contribution in [0.2, 0.25) is 5.28 Å². The van der Waals surface area contributed by atoms with Gasteiger partial charge in [-0.1, -0.05) is 6.42 Å². The highest BCUT2D eigenvalue weighted by atomic mass is 35.5. The van der Waals surface area contributed by atoms with Gasteiger partial charge in [-0.25, -0.2) is 18.1 Å². The van der Waals surface area contributed by atoms with E-state index >= 15 is 0 Å². The van der Waals surface area contributed by atoms with Crippen molar-refractivity contribution in [1.29, 1.82) is 0 Å². The fraction of sp³-hybridized carbons (Fsp3) is 0.700. The summed E-state index contributed by atoms with van der Waals surface area (Å²) in [6.07, 6.45) is 4.68. The van der Waals surface area contributed by atoms with Crippen LogP contribution in [0.3, 0.4) is 0 Å². The van der Waals surface area contributed by atoms with Crippen LogP contribution >= 0.6 is 11.6 Å². The van der Waals surface area contributed by atoms with Gasteiger partial charge in [-0.2, -0.15) is 0 Å². The largest absolute Gasteiger partial charge is 0.323 e. The maximum Gasteiger partial charge on any atom is 0.259 e. The molecule has 8 heteroatoms. The maximum atomic E-state index is 12.0. The lowest BCUT2D eigenvalue weighted by molar-refractivity contribution is 0.398. The van der Waals surface area contributed by atoms with Gasteiger partial charge in [0.05, 0.1) is 0 Å². The molecule has 102 valence electrons. The minimum Gasteiger partial charge on any atom is -0.323 e. The van der Waals surface area contributed by atoms with Crippen molar-refractivity contribution in [3.8, 4) is 0 Å². The summed E-state index contributed by atoms with van der Waals surface area (Å²) in [5.74, 6) is 0. The van der Waals surface area contributed by atoms with E-state index in [0.717, 1.165) is 25.8 Å². The molecule has 1 aliphatic rings. The van der Waals surface area contributed by atoms with Crippen molar-refractivity contribution >= 4 is 21.6 Å². The topological polar surface area (TPSA) is 76.0 Å². The summed E-state index contributed by atoms with van der Waals surface area (Å²) >= 11 is 5.73. The molecule has 1 saturated heterocycles. The van der Waals surface area contributed by atoms with E-state index in [1.807, 2.05) is 0 Å². The number of aromatic nitrogens is 2. The molecule has 0 aliphatic carbocycles. The third-order valence-corrected chi connectivity index (χ3v) is 4.65. The summed E-state index contributed by atoms with van der Waals surface area (Å²) in [5, 5.41) is 3.40. The van der Waals surface area contributed by atoms with E-state index in [1.54, 1.807) is 7.05 Å². The molecular formula is C10H17ClN4O2S. The van der Waals surface area contributed by atoms with Crippen LogP contribution in [0.25, 0.3) is 0 Å². The first-order valence-electron chi connectivity index (χ1n) is 5.91. The smallest absolute Gasteiger partial charge is 0.259 e. The lowest BCUT2D eigenvalue weighted by atomic mass is 10.1. The summed E-state index contributed by atoms with van der Waals surface area (Å²) in [5.41, 5.74) is 0. The molecule has 1 atom stereocenters. The van der Waals surface area contributed by atoms with E-state index < -0.39 is 10.0 Å². The number of hydrogen-bond acceptors (Lipinski definition) is 4. The number of rotatable bonds is 4. The van der Waals surface area contributed by atoms with E-state index in [2.05, 4.69) is 15.0 Å². The van der Waals surface area contributed by atoms with Gasteiger partial charge in [0.25, 0.3) is 10.0 Å². The Morgan fingerprint density at radius 1 is 1.61 bits per heavy atom. The molecule has 0 saturated carbocycles. The van der Waals surface area contributed by atoms with Crippen LogP contribution in [0.5, 0.6) is 0 Å². The van der Waals surface area contributed by atoms with Crippen molar-refractivity contribution in [3.63, 3.8) is 0 Å². The molecule has 2 rings (SSSR count). The summed E-state index contributed by atoms with van der Waals surface area (Å²) < 4.78 is 28.0. The lowest BCUT2D eigenvalue weighted by Gasteiger charge is -2.23. The standard InChI is InChI=1S/C10H17ClN4O2S/c1-15-7-9(14-10(15)11)18(16,17)13-6-8-4-2-3-5-12-8/h7-8,12-13H,2-6H2,1H3/t8-/m1/s1. The number of sulfonamides is 1. The number of imidazole rings is 1. The van der Waals surface area contributed by atoms with Crippen molar-refractivity contribution in [2.24, 2.45) is 7.05 Å². The van der Waals surface area contributed by atoms with Crippen LogP contribution in [0.15, 0.2) is 11.2 Å². The third kappa shape index (κ3) is 3.23. The Morgan fingerprint density at radius 2 is 2.39 bits per heavy atom. The number of nitrogens with zero attached hydrogens (tertiary/aromatic N) is 2. The molecule has 0 bridgehead atoms. The van der Waals surface area contributed by atoms with E-state index in [0.29, 0.717) is 6.54 Å². The van der Waals surface area contributed by atoms with Gasteiger partial charge in [0.1, 0.15) is 0 Å². The van der Waals surface area contributed by atoms with Crippen LogP contribution in [0, 0.1) is 0 Å². The minimum atomic E-state index is -3.57. The van der Waals surface area contributed by atoms with Crippen LogP contribution in [-0.2, 0) is 17.1 Å². The summed E-state index contributed by atoms with van der Waals surface area (Å²) in [7, 11) is -1.92. The Labute approximate surface area is 112 Å². The van der Waals surface area contributed by atoms with Crippen LogP contribution < -0.4 is 10.0 Å². The normalized spacial score (nSPS) is 21.1. The summed E-state index contributed by atoms with van der Waals surface area (Å²) in [6.45, 7) is 1.33. The molecule has 0 radical (unpaired) electrons. The Kier molecular flexibility index (Phi) is 4.26. The van der Waals surface area contributed by atoms with E-state index in [-0.39, 0.29) is 16.4 Å². The summed E-state index contributed by atoms with van der Waals surface area (Å²) in [4.78, 5) is 3.80. The van der Waals surface area contributed by atoms with Crippen molar-refractivity contribution < 1.29 is 8.42 Å². The molecular weight excluding hydrogens is 276 g/mol. The van der Waals surface area contributed by atoms with E-state index in [4.69, 9.17) is 11.6 Å². The molecule has 1 fully saturated rings. The fourth-order valence-corrected chi connectivity index (χ4v) is 3.19. The quantitative estimate of drug-likeness (QED) is 0.847. The average Bonchev–Trinajstić information content (AvgIpc) is 2.70. The van der Waals surface area contributed by atoms with Gasteiger partial charge in [0.2, 0.25) is 5.28 Å². The second-order valence-electron chi connectivity index (χ2n) is 4.46. The lowest BCUT2D eigenvalue weighted by Crippen LogP contribution is -2.43. The highest BCUT2D eigenvalue weighted by molar-refractivity contribution is 7.89. The maximum absolute atomic E-state index is 12.0. The molecule has 0 unspecified atom stereocenters. The monoisotopic (exact) mass is 292 g/mol. The molecule has 0 aromatic carbocycles. The number of piperidine rings is 1. The molecule has 2 heterocycles. The Morgan fingerprint density at radius 3 is 2.94 bits per heavy atom. The first kappa shape index (κ1) is 13.8. The van der Waals surface area contributed by atoms with Crippen molar-refractivity contribution in [3.05, 3.63) is 11.5 Å². The van der Waals surface area contributed by atoms with Gasteiger partial charge < -0.3 is 9.88 Å². The number of aryl methyl sites for hydroxylation is 1. The Bertz CT molecular complexity index is 488. The first-order chi connectivity index (χ1) is 8.49. The second kappa shape index (κ2) is 5.56. The van der Waals surface area contributed by atoms with E-state index in [1.165, 1.54) is 10.8 Å². The molecule has 2 N–H and O–H groups in total. The number of halogens is 1. The van der Waals surface area contributed by atoms with Gasteiger partial charge in [0.15, 0.2) is 5.03 Å². The fourth-order valence-electron chi connectivity index (χ4n) is 1.93. The molecule has 0 amide bonds. The van der Waals surface area contributed by atoms with Crippen molar-refractivity contribution in [2.45, 2.75) is 30.3 Å². The van der Waals surface area contributed by atoms with Gasteiger partial charge in [-0.3, -0.25) is 0 Å². The van der Waals surface area contributed by atoms with Crippen molar-refractivity contribution in [1.82, 2.24) is 19.6 Å². The zero-order chi connectivity index (χ0) is 13.2. The van der Waals surface area contributed by atoms with Gasteiger partial charge in [-0.15, -0.1) is 0 Å². The molecule has 1 aromatic rings. The molecule has 1 aliphatic heterocycles. The third-order valence-electron chi connectivity index (χ3n) is 3.01. The predicted octanol–water partition coefficient (Wildman–Crippen LogP) is 0.494. The van der Waals surface area contributed by atoms with Crippen LogP contribution in [-0.4, -0.2) is 37.1 Å². The molecule has 18 heavy (non-hydrogen) atoms. The van der Waals surface area contributed by atoms with Crippen LogP contribution in [0.1, 0.15) is 19.3 Å². The van der Waals surface area contributed by atoms with E-state index in [9.17, 15) is 8.42 Å². The highest BCUT2D eigenvalue weighted by Gasteiger charge is 2.21. The molecule has 6 nitrogen and oxygen atoms in total. The molecule has 0 spiro atoms. The summed E-state index contributed by atoms with van der Waals surface area (Å²) in [6, 6.07) is 0.202. The number of nitrogens with one attached hydrogen (secondary N) is 2. The Hall–Kier alpha value is -0.630. The highest BCUT2D eigenvalue weighted by Crippen LogP contribution is 2.12. The first-order valence-corrected chi connectivity index (χ1v) is 7.77. The SMILES string of the molecule is Cn1cc(S(=O)(=O)NC[C@H]2CCCCN2)nc1Cl. The zero-order valence-electron chi connectivity index (χ0n) is 10.2. The molecule has 1 aromatic heterocycles. The van der Waals surface area contributed by atoms with Crippen LogP contribution in [0.4, 0.5) is 0 Å². The van der Waals surface area contributed by atoms with Gasteiger partial charge in [-0.05, 0) is 31.0 Å². The number of hydrogen-bond donors (Lipinski definition) is 2. The minimum absolute atomic E-state index is 0.0363.